The van der Waals surface area contributed by atoms with Gasteiger partial charge in [0.05, 0.1) is 22.9 Å². The van der Waals surface area contributed by atoms with Gasteiger partial charge in [-0.15, -0.1) is 11.3 Å². The molecule has 0 saturated heterocycles. The third kappa shape index (κ3) is 4.39. The molecule has 0 aliphatic rings. The van der Waals surface area contributed by atoms with Gasteiger partial charge in [0.1, 0.15) is 11.5 Å². The van der Waals surface area contributed by atoms with Gasteiger partial charge in [-0.05, 0) is 30.3 Å². The van der Waals surface area contributed by atoms with Crippen molar-refractivity contribution in [2.24, 2.45) is 0 Å². The van der Waals surface area contributed by atoms with Crippen molar-refractivity contribution in [3.8, 4) is 0 Å². The SMILES string of the molecule is O=C(Nc1nc(C(=O)NCc2ccco2)cs1)c1ccc(Cl)c(Cl)c1. The van der Waals surface area contributed by atoms with Crippen LogP contribution in [0.3, 0.4) is 0 Å². The van der Waals surface area contributed by atoms with Crippen molar-refractivity contribution < 1.29 is 14.0 Å². The minimum absolute atomic E-state index is 0.209. The van der Waals surface area contributed by atoms with Crippen LogP contribution in [0.2, 0.25) is 10.0 Å². The second-order valence-corrected chi connectivity index (χ2v) is 6.56. The number of amides is 2. The molecule has 0 aliphatic carbocycles. The van der Waals surface area contributed by atoms with Gasteiger partial charge in [-0.25, -0.2) is 4.98 Å². The first-order valence-electron chi connectivity index (χ1n) is 7.05. The second-order valence-electron chi connectivity index (χ2n) is 4.88. The maximum Gasteiger partial charge on any atom is 0.271 e. The molecule has 2 aromatic heterocycles. The molecule has 0 spiro atoms. The van der Waals surface area contributed by atoms with E-state index in [9.17, 15) is 9.59 Å². The Hall–Kier alpha value is -2.35. The van der Waals surface area contributed by atoms with Gasteiger partial charge in [0.2, 0.25) is 0 Å². The number of nitrogens with one attached hydrogen (secondary N) is 2. The highest BCUT2D eigenvalue weighted by atomic mass is 35.5. The fourth-order valence-corrected chi connectivity index (χ4v) is 2.90. The van der Waals surface area contributed by atoms with E-state index in [1.807, 2.05) is 0 Å². The Morgan fingerprint density at radius 2 is 2.00 bits per heavy atom. The van der Waals surface area contributed by atoms with Crippen LogP contribution in [0.5, 0.6) is 0 Å². The molecule has 128 valence electrons. The van der Waals surface area contributed by atoms with Crippen molar-refractivity contribution in [2.45, 2.75) is 6.54 Å². The van der Waals surface area contributed by atoms with Gasteiger partial charge in [-0.1, -0.05) is 23.2 Å². The van der Waals surface area contributed by atoms with E-state index in [1.54, 1.807) is 23.6 Å². The van der Waals surface area contributed by atoms with Crippen LogP contribution >= 0.6 is 34.5 Å². The van der Waals surface area contributed by atoms with Crippen LogP contribution < -0.4 is 10.6 Å². The molecule has 0 bridgehead atoms. The fourth-order valence-electron chi connectivity index (χ4n) is 1.91. The molecule has 6 nitrogen and oxygen atoms in total. The van der Waals surface area contributed by atoms with Crippen molar-refractivity contribution in [2.75, 3.05) is 5.32 Å². The van der Waals surface area contributed by atoms with Crippen LogP contribution in [0.4, 0.5) is 5.13 Å². The van der Waals surface area contributed by atoms with Gasteiger partial charge in [-0.2, -0.15) is 0 Å². The number of aromatic nitrogens is 1. The lowest BCUT2D eigenvalue weighted by Gasteiger charge is -2.03. The summed E-state index contributed by atoms with van der Waals surface area (Å²) >= 11 is 12.9. The summed E-state index contributed by atoms with van der Waals surface area (Å²) in [5.41, 5.74) is 0.550. The number of halogens is 2. The van der Waals surface area contributed by atoms with E-state index in [0.29, 0.717) is 21.5 Å². The number of benzene rings is 1. The van der Waals surface area contributed by atoms with Gasteiger partial charge < -0.3 is 9.73 Å². The summed E-state index contributed by atoms with van der Waals surface area (Å²) in [6, 6.07) is 8.04. The first kappa shape index (κ1) is 17.5. The maximum absolute atomic E-state index is 12.2. The van der Waals surface area contributed by atoms with Crippen molar-refractivity contribution in [3.63, 3.8) is 0 Å². The molecule has 0 atom stereocenters. The van der Waals surface area contributed by atoms with Crippen LogP contribution in [0.25, 0.3) is 0 Å². The van der Waals surface area contributed by atoms with Crippen molar-refractivity contribution in [3.05, 3.63) is 69.0 Å². The Kier molecular flexibility index (Phi) is 5.37. The number of hydrogen-bond acceptors (Lipinski definition) is 5. The number of furan rings is 1. The standard InChI is InChI=1S/C16H11Cl2N3O3S/c17-11-4-3-9(6-12(11)18)14(22)21-16-20-13(8-25-16)15(23)19-7-10-2-1-5-24-10/h1-6,8H,7H2,(H,19,23)(H,20,21,22). The first-order valence-corrected chi connectivity index (χ1v) is 8.69. The topological polar surface area (TPSA) is 84.2 Å². The Balaban J connectivity index is 1.61. The van der Waals surface area contributed by atoms with E-state index in [1.165, 1.54) is 18.4 Å². The number of carbonyl (C=O) groups is 2. The average molecular weight is 396 g/mol. The number of rotatable bonds is 5. The molecule has 0 radical (unpaired) electrons. The molecular weight excluding hydrogens is 385 g/mol. The van der Waals surface area contributed by atoms with Crippen LogP contribution in [0.15, 0.2) is 46.4 Å². The quantitative estimate of drug-likeness (QED) is 0.676. The smallest absolute Gasteiger partial charge is 0.271 e. The van der Waals surface area contributed by atoms with Gasteiger partial charge in [0.25, 0.3) is 11.8 Å². The van der Waals surface area contributed by atoms with Crippen LogP contribution in [0.1, 0.15) is 26.6 Å². The van der Waals surface area contributed by atoms with Crippen molar-refractivity contribution in [1.29, 1.82) is 0 Å². The Morgan fingerprint density at radius 3 is 2.72 bits per heavy atom. The van der Waals surface area contributed by atoms with Crippen LogP contribution in [0, 0.1) is 0 Å². The monoisotopic (exact) mass is 395 g/mol. The average Bonchev–Trinajstić information content (AvgIpc) is 3.27. The molecule has 0 saturated carbocycles. The lowest BCUT2D eigenvalue weighted by atomic mass is 10.2. The van der Waals surface area contributed by atoms with E-state index in [-0.39, 0.29) is 23.2 Å². The molecule has 0 fully saturated rings. The predicted octanol–water partition coefficient (Wildman–Crippen LogP) is 4.23. The number of nitrogens with zero attached hydrogens (tertiary/aromatic N) is 1. The second kappa shape index (κ2) is 7.69. The molecular formula is C16H11Cl2N3O3S. The van der Waals surface area contributed by atoms with E-state index in [4.69, 9.17) is 27.6 Å². The normalized spacial score (nSPS) is 10.5. The third-order valence-corrected chi connectivity index (χ3v) is 4.64. The highest BCUT2D eigenvalue weighted by Gasteiger charge is 2.14. The Morgan fingerprint density at radius 1 is 1.16 bits per heavy atom. The lowest BCUT2D eigenvalue weighted by molar-refractivity contribution is 0.0942. The minimum atomic E-state index is -0.393. The molecule has 3 aromatic rings. The highest BCUT2D eigenvalue weighted by Crippen LogP contribution is 2.23. The Bertz CT molecular complexity index is 909. The molecule has 2 heterocycles. The zero-order valence-electron chi connectivity index (χ0n) is 12.6. The molecule has 0 unspecified atom stereocenters. The van der Waals surface area contributed by atoms with Gasteiger partial charge in [-0.3, -0.25) is 14.9 Å². The number of carbonyl (C=O) groups excluding carboxylic acids is 2. The predicted molar refractivity (Wildman–Crippen MR) is 96.4 cm³/mol. The maximum atomic E-state index is 12.2. The van der Waals surface area contributed by atoms with E-state index >= 15 is 0 Å². The summed E-state index contributed by atoms with van der Waals surface area (Å²) in [6.45, 7) is 0.258. The third-order valence-electron chi connectivity index (χ3n) is 3.14. The fraction of sp³-hybridized carbons (Fsp3) is 0.0625. The molecule has 25 heavy (non-hydrogen) atoms. The summed E-state index contributed by atoms with van der Waals surface area (Å²) in [5, 5.41) is 7.81. The zero-order valence-corrected chi connectivity index (χ0v) is 14.9. The lowest BCUT2D eigenvalue weighted by Crippen LogP contribution is -2.23. The van der Waals surface area contributed by atoms with Gasteiger partial charge in [0, 0.05) is 10.9 Å². The molecule has 3 rings (SSSR count). The van der Waals surface area contributed by atoms with E-state index in [0.717, 1.165) is 11.3 Å². The molecule has 0 aliphatic heterocycles. The van der Waals surface area contributed by atoms with Crippen molar-refractivity contribution in [1.82, 2.24) is 10.3 Å². The molecule has 2 amide bonds. The summed E-state index contributed by atoms with van der Waals surface area (Å²) in [5.74, 6) is -0.116. The molecule has 1 aromatic carbocycles. The summed E-state index contributed by atoms with van der Waals surface area (Å²) in [7, 11) is 0. The Labute approximate surface area is 156 Å². The molecule has 9 heteroatoms. The zero-order chi connectivity index (χ0) is 17.8. The van der Waals surface area contributed by atoms with Gasteiger partial charge >= 0.3 is 0 Å². The summed E-state index contributed by atoms with van der Waals surface area (Å²) in [6.07, 6.45) is 1.53. The van der Waals surface area contributed by atoms with E-state index in [2.05, 4.69) is 15.6 Å². The minimum Gasteiger partial charge on any atom is -0.467 e. The van der Waals surface area contributed by atoms with Crippen molar-refractivity contribution >= 4 is 51.5 Å². The number of hydrogen-bond donors (Lipinski definition) is 2. The molecule has 2 N–H and O–H groups in total. The van der Waals surface area contributed by atoms with Gasteiger partial charge in [0.15, 0.2) is 5.13 Å². The first-order chi connectivity index (χ1) is 12.0. The number of anilines is 1. The van der Waals surface area contributed by atoms with E-state index < -0.39 is 5.91 Å². The number of thiazole rings is 1. The summed E-state index contributed by atoms with van der Waals surface area (Å²) < 4.78 is 5.13. The largest absolute Gasteiger partial charge is 0.467 e. The van der Waals surface area contributed by atoms with Crippen LogP contribution in [-0.4, -0.2) is 16.8 Å². The highest BCUT2D eigenvalue weighted by molar-refractivity contribution is 7.14. The van der Waals surface area contributed by atoms with Crippen LogP contribution in [-0.2, 0) is 6.54 Å². The summed E-state index contributed by atoms with van der Waals surface area (Å²) in [4.78, 5) is 28.3.